The third-order valence-corrected chi connectivity index (χ3v) is 4.23. The Hall–Kier alpha value is -2.63. The van der Waals surface area contributed by atoms with Gasteiger partial charge in [-0.05, 0) is 17.9 Å². The Kier molecular flexibility index (Phi) is 5.39. The van der Waals surface area contributed by atoms with Crippen molar-refractivity contribution in [2.45, 2.75) is 38.5 Å². The number of benzene rings is 1. The highest BCUT2D eigenvalue weighted by Gasteiger charge is 2.39. The van der Waals surface area contributed by atoms with Crippen LogP contribution in [0.1, 0.15) is 54.9 Å². The van der Waals surface area contributed by atoms with Gasteiger partial charge in [0.2, 0.25) is 5.76 Å². The van der Waals surface area contributed by atoms with E-state index >= 15 is 0 Å². The van der Waals surface area contributed by atoms with E-state index in [0.717, 1.165) is 0 Å². The van der Waals surface area contributed by atoms with E-state index in [2.05, 4.69) is 10.5 Å². The number of hydrogen-bond acceptors (Lipinski definition) is 4. The highest BCUT2D eigenvalue weighted by Crippen LogP contribution is 2.28. The van der Waals surface area contributed by atoms with Crippen LogP contribution in [-0.4, -0.2) is 28.7 Å². The lowest BCUT2D eigenvalue weighted by molar-refractivity contribution is -0.143. The number of amides is 1. The van der Waals surface area contributed by atoms with Gasteiger partial charge in [-0.1, -0.05) is 56.3 Å². The van der Waals surface area contributed by atoms with Crippen LogP contribution in [0.2, 0.25) is 0 Å². The maximum Gasteiger partial charge on any atom is 0.315 e. The largest absolute Gasteiger partial charge is 0.481 e. The Labute approximate surface area is 140 Å². The van der Waals surface area contributed by atoms with Gasteiger partial charge in [0.1, 0.15) is 5.41 Å². The SMILES string of the molecule is CCC(CNC(=O)c1cc(C(C)C)no1)(C(=O)O)c1ccccc1. The molecule has 6 nitrogen and oxygen atoms in total. The second-order valence-corrected chi connectivity index (χ2v) is 6.06. The van der Waals surface area contributed by atoms with E-state index in [9.17, 15) is 14.7 Å². The number of hydrogen-bond donors (Lipinski definition) is 2. The second kappa shape index (κ2) is 7.29. The molecule has 24 heavy (non-hydrogen) atoms. The van der Waals surface area contributed by atoms with Crippen molar-refractivity contribution < 1.29 is 19.2 Å². The molecule has 2 N–H and O–H groups in total. The van der Waals surface area contributed by atoms with Gasteiger partial charge in [0.05, 0.1) is 5.69 Å². The molecule has 0 aliphatic heterocycles. The van der Waals surface area contributed by atoms with Crippen LogP contribution in [0.3, 0.4) is 0 Å². The van der Waals surface area contributed by atoms with Gasteiger partial charge >= 0.3 is 5.97 Å². The molecule has 0 saturated carbocycles. The molecule has 6 heteroatoms. The van der Waals surface area contributed by atoms with Crippen molar-refractivity contribution in [3.63, 3.8) is 0 Å². The predicted octanol–water partition coefficient (Wildman–Crippen LogP) is 2.96. The number of aromatic nitrogens is 1. The Bertz CT molecular complexity index is 709. The summed E-state index contributed by atoms with van der Waals surface area (Å²) in [7, 11) is 0. The number of rotatable bonds is 7. The van der Waals surface area contributed by atoms with E-state index in [-0.39, 0.29) is 18.2 Å². The Morgan fingerprint density at radius 1 is 1.29 bits per heavy atom. The van der Waals surface area contributed by atoms with Crippen molar-refractivity contribution in [2.24, 2.45) is 0 Å². The zero-order valence-corrected chi connectivity index (χ0v) is 14.1. The van der Waals surface area contributed by atoms with Gasteiger partial charge in [0.25, 0.3) is 5.91 Å². The summed E-state index contributed by atoms with van der Waals surface area (Å²) >= 11 is 0. The minimum atomic E-state index is -1.18. The van der Waals surface area contributed by atoms with E-state index in [4.69, 9.17) is 4.52 Å². The molecule has 0 aliphatic rings. The van der Waals surface area contributed by atoms with E-state index in [1.165, 1.54) is 0 Å². The van der Waals surface area contributed by atoms with Crippen molar-refractivity contribution in [1.82, 2.24) is 10.5 Å². The molecule has 1 aromatic heterocycles. The maximum atomic E-state index is 12.3. The molecule has 0 radical (unpaired) electrons. The van der Waals surface area contributed by atoms with Crippen LogP contribution >= 0.6 is 0 Å². The lowest BCUT2D eigenvalue weighted by atomic mass is 9.78. The number of carboxylic acid groups (broad SMARTS) is 1. The molecule has 2 aromatic rings. The number of nitrogens with one attached hydrogen (secondary N) is 1. The highest BCUT2D eigenvalue weighted by molar-refractivity contribution is 5.92. The molecule has 128 valence electrons. The lowest BCUT2D eigenvalue weighted by Crippen LogP contribution is -2.46. The second-order valence-electron chi connectivity index (χ2n) is 6.06. The fraction of sp³-hybridized carbons (Fsp3) is 0.389. The molecule has 1 atom stereocenters. The molecule has 1 amide bonds. The third kappa shape index (κ3) is 3.48. The molecular formula is C18H22N2O4. The first kappa shape index (κ1) is 17.7. The van der Waals surface area contributed by atoms with Crippen molar-refractivity contribution in [3.8, 4) is 0 Å². The fourth-order valence-electron chi connectivity index (χ4n) is 2.52. The average molecular weight is 330 g/mol. The topological polar surface area (TPSA) is 92.4 Å². The monoisotopic (exact) mass is 330 g/mol. The number of aliphatic carboxylic acids is 1. The Morgan fingerprint density at radius 2 is 1.96 bits per heavy atom. The van der Waals surface area contributed by atoms with Crippen LogP contribution in [-0.2, 0) is 10.2 Å². The normalized spacial score (nSPS) is 13.5. The molecule has 1 heterocycles. The first-order chi connectivity index (χ1) is 11.4. The molecule has 0 spiro atoms. The molecule has 0 fully saturated rings. The number of carbonyl (C=O) groups is 2. The van der Waals surface area contributed by atoms with Crippen LogP contribution in [0.4, 0.5) is 0 Å². The minimum Gasteiger partial charge on any atom is -0.481 e. The zero-order valence-electron chi connectivity index (χ0n) is 14.1. The molecule has 1 aromatic carbocycles. The summed E-state index contributed by atoms with van der Waals surface area (Å²) in [5, 5.41) is 16.3. The van der Waals surface area contributed by atoms with Crippen LogP contribution in [0.5, 0.6) is 0 Å². The lowest BCUT2D eigenvalue weighted by Gasteiger charge is -2.28. The zero-order chi connectivity index (χ0) is 17.7. The molecule has 2 rings (SSSR count). The smallest absolute Gasteiger partial charge is 0.315 e. The van der Waals surface area contributed by atoms with E-state index in [1.54, 1.807) is 37.3 Å². The first-order valence-corrected chi connectivity index (χ1v) is 7.94. The third-order valence-electron chi connectivity index (χ3n) is 4.23. The fourth-order valence-corrected chi connectivity index (χ4v) is 2.52. The van der Waals surface area contributed by atoms with Crippen molar-refractivity contribution in [1.29, 1.82) is 0 Å². The van der Waals surface area contributed by atoms with Crippen molar-refractivity contribution >= 4 is 11.9 Å². The standard InChI is InChI=1S/C18H22N2O4/c1-4-18(17(22)23,13-8-6-5-7-9-13)11-19-16(21)15-10-14(12(2)3)20-24-15/h5-10,12H,4,11H2,1-3H3,(H,19,21)(H,22,23). The first-order valence-electron chi connectivity index (χ1n) is 7.94. The minimum absolute atomic E-state index is 0.0284. The van der Waals surface area contributed by atoms with Gasteiger partial charge in [-0.3, -0.25) is 9.59 Å². The van der Waals surface area contributed by atoms with Gasteiger partial charge in [-0.25, -0.2) is 0 Å². The Balaban J connectivity index is 2.19. The highest BCUT2D eigenvalue weighted by atomic mass is 16.5. The average Bonchev–Trinajstić information content (AvgIpc) is 3.07. The van der Waals surface area contributed by atoms with Crippen LogP contribution in [0.25, 0.3) is 0 Å². The van der Waals surface area contributed by atoms with Gasteiger partial charge in [0, 0.05) is 12.6 Å². The van der Waals surface area contributed by atoms with E-state index < -0.39 is 17.3 Å². The summed E-state index contributed by atoms with van der Waals surface area (Å²) in [5.74, 6) is -1.21. The van der Waals surface area contributed by atoms with E-state index in [0.29, 0.717) is 17.7 Å². The van der Waals surface area contributed by atoms with Crippen LogP contribution in [0, 0.1) is 0 Å². The maximum absolute atomic E-state index is 12.3. The van der Waals surface area contributed by atoms with Gasteiger partial charge in [-0.2, -0.15) is 0 Å². The summed E-state index contributed by atoms with van der Waals surface area (Å²) in [6, 6.07) is 10.5. The van der Waals surface area contributed by atoms with Gasteiger partial charge in [-0.15, -0.1) is 0 Å². The van der Waals surface area contributed by atoms with Gasteiger partial charge in [0.15, 0.2) is 0 Å². The quantitative estimate of drug-likeness (QED) is 0.814. The molecular weight excluding hydrogens is 308 g/mol. The number of carboxylic acids is 1. The summed E-state index contributed by atoms with van der Waals surface area (Å²) < 4.78 is 5.04. The summed E-state index contributed by atoms with van der Waals surface area (Å²) in [5.41, 5.74) is 0.154. The van der Waals surface area contributed by atoms with Crippen LogP contribution < -0.4 is 5.32 Å². The summed E-state index contributed by atoms with van der Waals surface area (Å²) in [6.07, 6.45) is 0.347. The van der Waals surface area contributed by atoms with Crippen molar-refractivity contribution in [2.75, 3.05) is 6.54 Å². The van der Waals surface area contributed by atoms with Gasteiger partial charge < -0.3 is 14.9 Å². The summed E-state index contributed by atoms with van der Waals surface area (Å²) in [4.78, 5) is 24.2. The van der Waals surface area contributed by atoms with Crippen LogP contribution in [0.15, 0.2) is 40.9 Å². The molecule has 0 saturated heterocycles. The molecule has 0 bridgehead atoms. The Morgan fingerprint density at radius 3 is 2.46 bits per heavy atom. The molecule has 0 aliphatic carbocycles. The van der Waals surface area contributed by atoms with E-state index in [1.807, 2.05) is 19.9 Å². The number of nitrogens with zero attached hydrogens (tertiary/aromatic N) is 1. The molecule has 1 unspecified atom stereocenters. The summed E-state index contributed by atoms with van der Waals surface area (Å²) in [6.45, 7) is 5.65. The predicted molar refractivity (Wildman–Crippen MR) is 89.0 cm³/mol. The number of carbonyl (C=O) groups excluding carboxylic acids is 1. The van der Waals surface area contributed by atoms with Crippen molar-refractivity contribution in [3.05, 3.63) is 53.4 Å².